The number of hydrogen-bond acceptors (Lipinski definition) is 4. The Hall–Kier alpha value is -1.10. The van der Waals surface area contributed by atoms with Gasteiger partial charge in [-0.25, -0.2) is 0 Å². The maximum atomic E-state index is 10.2. The molecule has 1 heterocycles. The fourth-order valence-corrected chi connectivity index (χ4v) is 2.87. The van der Waals surface area contributed by atoms with Crippen LogP contribution in [0.5, 0.6) is 5.75 Å². The number of hydrogen-bond donors (Lipinski definition) is 2. The highest BCUT2D eigenvalue weighted by molar-refractivity contribution is 5.32. The molecule has 0 amide bonds. The van der Waals surface area contributed by atoms with E-state index < -0.39 is 6.10 Å². The lowest BCUT2D eigenvalue weighted by atomic mass is 9.88. The van der Waals surface area contributed by atoms with Gasteiger partial charge in [0.1, 0.15) is 18.5 Å². The largest absolute Gasteiger partial charge is 0.491 e. The van der Waals surface area contributed by atoms with E-state index in [2.05, 4.69) is 18.7 Å². The molecule has 0 aromatic heterocycles. The van der Waals surface area contributed by atoms with E-state index in [1.54, 1.807) is 0 Å². The molecule has 1 aromatic carbocycles. The number of ether oxygens (including phenoxy) is 1. The number of rotatable bonds is 6. The zero-order chi connectivity index (χ0) is 15.2. The summed E-state index contributed by atoms with van der Waals surface area (Å²) in [5, 5.41) is 10.2. The topological polar surface area (TPSA) is 58.7 Å². The number of benzene rings is 1. The molecule has 21 heavy (non-hydrogen) atoms. The number of aliphatic hydroxyl groups excluding tert-OH is 1. The lowest BCUT2D eigenvalue weighted by Crippen LogP contribution is -2.43. The Labute approximate surface area is 127 Å². The van der Waals surface area contributed by atoms with Crippen LogP contribution < -0.4 is 10.5 Å². The summed E-state index contributed by atoms with van der Waals surface area (Å²) in [7, 11) is 0. The van der Waals surface area contributed by atoms with Crippen molar-refractivity contribution in [2.75, 3.05) is 26.2 Å². The van der Waals surface area contributed by atoms with Crippen LogP contribution in [-0.4, -0.2) is 42.4 Å². The molecule has 0 spiro atoms. The van der Waals surface area contributed by atoms with E-state index in [0.29, 0.717) is 25.6 Å². The van der Waals surface area contributed by atoms with E-state index in [0.717, 1.165) is 30.3 Å². The molecule has 1 aromatic rings. The van der Waals surface area contributed by atoms with Gasteiger partial charge in [0.2, 0.25) is 0 Å². The van der Waals surface area contributed by atoms with Crippen LogP contribution in [0.25, 0.3) is 0 Å². The molecular formula is C17H28N2O2. The van der Waals surface area contributed by atoms with Crippen molar-refractivity contribution in [3.8, 4) is 5.75 Å². The van der Waals surface area contributed by atoms with Gasteiger partial charge in [0.25, 0.3) is 0 Å². The third-order valence-electron chi connectivity index (χ3n) is 4.51. The quantitative estimate of drug-likeness (QED) is 0.840. The van der Waals surface area contributed by atoms with Crippen LogP contribution >= 0.6 is 0 Å². The van der Waals surface area contributed by atoms with E-state index in [4.69, 9.17) is 10.5 Å². The number of nitrogens with two attached hydrogens (primary N) is 1. The Bertz CT molecular complexity index is 439. The van der Waals surface area contributed by atoms with Crippen molar-refractivity contribution in [2.24, 2.45) is 17.6 Å². The van der Waals surface area contributed by atoms with Crippen LogP contribution in [-0.2, 0) is 6.54 Å². The zero-order valence-corrected chi connectivity index (χ0v) is 13.2. The summed E-state index contributed by atoms with van der Waals surface area (Å²) in [6, 6.07) is 7.73. The van der Waals surface area contributed by atoms with Crippen molar-refractivity contribution in [3.05, 3.63) is 29.8 Å². The Balaban J connectivity index is 1.78. The standard InChI is InChI=1S/C17H28N2O2/c1-13-7-8-19(10-14(13)2)11-16(20)12-21-17-6-4-3-5-15(17)9-18/h3-6,13-14,16,20H,7-12,18H2,1-2H3. The SMILES string of the molecule is CC1CCN(CC(O)COc2ccccc2CN)CC1C. The number of para-hydroxylation sites is 1. The van der Waals surface area contributed by atoms with E-state index in [1.807, 2.05) is 24.3 Å². The van der Waals surface area contributed by atoms with Crippen LogP contribution in [0, 0.1) is 11.8 Å². The maximum Gasteiger partial charge on any atom is 0.123 e. The van der Waals surface area contributed by atoms with Crippen LogP contribution in [0.4, 0.5) is 0 Å². The monoisotopic (exact) mass is 292 g/mol. The predicted molar refractivity (Wildman–Crippen MR) is 85.2 cm³/mol. The minimum atomic E-state index is -0.462. The van der Waals surface area contributed by atoms with Gasteiger partial charge < -0.3 is 20.5 Å². The Morgan fingerprint density at radius 3 is 2.81 bits per heavy atom. The maximum absolute atomic E-state index is 10.2. The van der Waals surface area contributed by atoms with Gasteiger partial charge in [-0.2, -0.15) is 0 Å². The fourth-order valence-electron chi connectivity index (χ4n) is 2.87. The summed E-state index contributed by atoms with van der Waals surface area (Å²) in [5.74, 6) is 2.26. The third-order valence-corrected chi connectivity index (χ3v) is 4.51. The minimum absolute atomic E-state index is 0.317. The number of nitrogens with zero attached hydrogens (tertiary/aromatic N) is 1. The number of likely N-dealkylation sites (tertiary alicyclic amines) is 1. The first kappa shape index (κ1) is 16.3. The molecule has 0 radical (unpaired) electrons. The van der Waals surface area contributed by atoms with Gasteiger partial charge in [0.15, 0.2) is 0 Å². The van der Waals surface area contributed by atoms with Crippen LogP contribution in [0.2, 0.25) is 0 Å². The normalized spacial score (nSPS) is 24.8. The smallest absolute Gasteiger partial charge is 0.123 e. The molecule has 1 aliphatic heterocycles. The lowest BCUT2D eigenvalue weighted by Gasteiger charge is -2.36. The summed E-state index contributed by atoms with van der Waals surface area (Å²) < 4.78 is 5.72. The summed E-state index contributed by atoms with van der Waals surface area (Å²) in [6.45, 7) is 8.19. The van der Waals surface area contributed by atoms with Crippen molar-refractivity contribution < 1.29 is 9.84 Å². The lowest BCUT2D eigenvalue weighted by molar-refractivity contribution is 0.0434. The molecule has 118 valence electrons. The second-order valence-electron chi connectivity index (χ2n) is 6.28. The highest BCUT2D eigenvalue weighted by atomic mass is 16.5. The molecule has 1 aliphatic rings. The Morgan fingerprint density at radius 2 is 2.10 bits per heavy atom. The predicted octanol–water partition coefficient (Wildman–Crippen LogP) is 1.86. The van der Waals surface area contributed by atoms with Gasteiger partial charge >= 0.3 is 0 Å². The summed E-state index contributed by atoms with van der Waals surface area (Å²) in [5.41, 5.74) is 6.66. The molecule has 0 saturated carbocycles. The van der Waals surface area contributed by atoms with Crippen LogP contribution in [0.15, 0.2) is 24.3 Å². The van der Waals surface area contributed by atoms with E-state index >= 15 is 0 Å². The van der Waals surface area contributed by atoms with Crippen molar-refractivity contribution in [1.82, 2.24) is 4.90 Å². The van der Waals surface area contributed by atoms with E-state index in [1.165, 1.54) is 6.42 Å². The summed E-state index contributed by atoms with van der Waals surface area (Å²) in [6.07, 6.45) is 0.751. The Morgan fingerprint density at radius 1 is 1.33 bits per heavy atom. The highest BCUT2D eigenvalue weighted by Crippen LogP contribution is 2.22. The second-order valence-corrected chi connectivity index (χ2v) is 6.28. The van der Waals surface area contributed by atoms with Crippen molar-refractivity contribution in [2.45, 2.75) is 32.9 Å². The highest BCUT2D eigenvalue weighted by Gasteiger charge is 2.24. The van der Waals surface area contributed by atoms with Crippen LogP contribution in [0.1, 0.15) is 25.8 Å². The van der Waals surface area contributed by atoms with Crippen molar-refractivity contribution >= 4 is 0 Å². The average molecular weight is 292 g/mol. The molecule has 3 N–H and O–H groups in total. The molecule has 0 bridgehead atoms. The van der Waals surface area contributed by atoms with Gasteiger partial charge in [0, 0.05) is 25.2 Å². The summed E-state index contributed by atoms with van der Waals surface area (Å²) >= 11 is 0. The zero-order valence-electron chi connectivity index (χ0n) is 13.2. The average Bonchev–Trinajstić information content (AvgIpc) is 2.49. The Kier molecular flexibility index (Phi) is 6.03. The molecule has 0 aliphatic carbocycles. The number of piperidine rings is 1. The van der Waals surface area contributed by atoms with Crippen molar-refractivity contribution in [1.29, 1.82) is 0 Å². The molecule has 4 nitrogen and oxygen atoms in total. The molecule has 4 heteroatoms. The second kappa shape index (κ2) is 7.78. The molecule has 2 rings (SSSR count). The number of β-amino-alcohol motifs (C(OH)–C–C–N with tert-alkyl or cyclic N) is 1. The molecule has 1 fully saturated rings. The van der Waals surface area contributed by atoms with Crippen molar-refractivity contribution in [3.63, 3.8) is 0 Å². The molecule has 3 unspecified atom stereocenters. The molecule has 1 saturated heterocycles. The molecular weight excluding hydrogens is 264 g/mol. The first-order chi connectivity index (χ1) is 10.1. The first-order valence-corrected chi connectivity index (χ1v) is 7.91. The van der Waals surface area contributed by atoms with E-state index in [9.17, 15) is 5.11 Å². The fraction of sp³-hybridized carbons (Fsp3) is 0.647. The first-order valence-electron chi connectivity index (χ1n) is 7.91. The number of aliphatic hydroxyl groups is 1. The van der Waals surface area contributed by atoms with Crippen LogP contribution in [0.3, 0.4) is 0 Å². The van der Waals surface area contributed by atoms with Gasteiger partial charge in [-0.3, -0.25) is 0 Å². The van der Waals surface area contributed by atoms with Gasteiger partial charge in [-0.1, -0.05) is 32.0 Å². The molecule has 3 atom stereocenters. The van der Waals surface area contributed by atoms with Gasteiger partial charge in [-0.15, -0.1) is 0 Å². The van der Waals surface area contributed by atoms with E-state index in [-0.39, 0.29) is 0 Å². The minimum Gasteiger partial charge on any atom is -0.491 e. The third kappa shape index (κ3) is 4.70. The van der Waals surface area contributed by atoms with Gasteiger partial charge in [0.05, 0.1) is 0 Å². The van der Waals surface area contributed by atoms with Gasteiger partial charge in [-0.05, 0) is 30.9 Å². The summed E-state index contributed by atoms with van der Waals surface area (Å²) in [4.78, 5) is 2.34.